The molecule has 2 fully saturated rings. The van der Waals surface area contributed by atoms with Gasteiger partial charge in [0, 0.05) is 44.0 Å². The molecule has 11 heteroatoms. The Morgan fingerprint density at radius 2 is 1.66 bits per heavy atom. The van der Waals surface area contributed by atoms with Crippen molar-refractivity contribution in [1.29, 1.82) is 0 Å². The lowest BCUT2D eigenvalue weighted by atomic mass is 10.1. The number of nitrogen functional groups attached to an aromatic ring is 1. The number of piperidine rings is 1. The van der Waals surface area contributed by atoms with Crippen LogP contribution >= 0.6 is 0 Å². The van der Waals surface area contributed by atoms with Gasteiger partial charge in [0.1, 0.15) is 5.82 Å². The van der Waals surface area contributed by atoms with Crippen LogP contribution in [0.5, 0.6) is 0 Å². The van der Waals surface area contributed by atoms with Crippen LogP contribution in [0.15, 0.2) is 12.3 Å². The highest BCUT2D eigenvalue weighted by molar-refractivity contribution is 5.67. The fourth-order valence-electron chi connectivity index (χ4n) is 3.55. The minimum Gasteiger partial charge on any atom is -0.378 e. The molecule has 0 aliphatic carbocycles. The predicted octanol–water partition coefficient (Wildman–Crippen LogP) is 2.36. The van der Waals surface area contributed by atoms with Gasteiger partial charge in [-0.2, -0.15) is 18.2 Å². The standard InChI is InChI=1S/C18H22F3N7O/c19-18(20,21)15-12(11-23-16(22)26-15)13-10-14(27-6-8-29-9-7-27)25-17(24-13)28-4-2-1-3-5-28/h10-11H,1-9H2,(H2,22,23,26). The second kappa shape index (κ2) is 7.97. The second-order valence-corrected chi connectivity index (χ2v) is 7.05. The monoisotopic (exact) mass is 409 g/mol. The lowest BCUT2D eigenvalue weighted by Crippen LogP contribution is -2.37. The van der Waals surface area contributed by atoms with Crippen molar-refractivity contribution >= 4 is 17.7 Å². The van der Waals surface area contributed by atoms with Gasteiger partial charge < -0.3 is 20.3 Å². The van der Waals surface area contributed by atoms with Crippen molar-refractivity contribution in [3.05, 3.63) is 18.0 Å². The van der Waals surface area contributed by atoms with Gasteiger partial charge in [-0.1, -0.05) is 0 Å². The fourth-order valence-corrected chi connectivity index (χ4v) is 3.55. The maximum absolute atomic E-state index is 13.6. The summed E-state index contributed by atoms with van der Waals surface area (Å²) < 4.78 is 46.2. The molecule has 0 bridgehead atoms. The van der Waals surface area contributed by atoms with E-state index in [1.807, 2.05) is 9.80 Å². The third-order valence-electron chi connectivity index (χ3n) is 5.03. The molecule has 2 aromatic heterocycles. The first-order chi connectivity index (χ1) is 13.9. The molecule has 0 unspecified atom stereocenters. The molecule has 2 aliphatic heterocycles. The molecule has 0 saturated carbocycles. The Bertz CT molecular complexity index is 829. The van der Waals surface area contributed by atoms with Crippen LogP contribution in [0, 0.1) is 0 Å². The van der Waals surface area contributed by atoms with E-state index in [-0.39, 0.29) is 11.3 Å². The molecular formula is C18H22F3N7O. The summed E-state index contributed by atoms with van der Waals surface area (Å²) in [6, 6.07) is 1.56. The van der Waals surface area contributed by atoms with Crippen LogP contribution in [0.3, 0.4) is 0 Å². The summed E-state index contributed by atoms with van der Waals surface area (Å²) in [5, 5.41) is 0. The zero-order chi connectivity index (χ0) is 20.4. The van der Waals surface area contributed by atoms with Crippen LogP contribution in [0.1, 0.15) is 25.0 Å². The number of nitrogens with zero attached hydrogens (tertiary/aromatic N) is 6. The van der Waals surface area contributed by atoms with E-state index in [2.05, 4.69) is 19.9 Å². The summed E-state index contributed by atoms with van der Waals surface area (Å²) in [4.78, 5) is 20.3. The number of nitrogens with two attached hydrogens (primary N) is 1. The molecule has 2 aliphatic rings. The van der Waals surface area contributed by atoms with E-state index in [0.29, 0.717) is 38.1 Å². The van der Waals surface area contributed by atoms with E-state index in [0.717, 1.165) is 38.5 Å². The average molecular weight is 409 g/mol. The summed E-state index contributed by atoms with van der Waals surface area (Å²) in [5.41, 5.74) is 4.24. The SMILES string of the molecule is Nc1ncc(-c2cc(N3CCOCC3)nc(N3CCCCC3)n2)c(C(F)(F)F)n1. The van der Waals surface area contributed by atoms with Crippen LogP contribution < -0.4 is 15.5 Å². The van der Waals surface area contributed by atoms with E-state index >= 15 is 0 Å². The quantitative estimate of drug-likeness (QED) is 0.826. The first-order valence-corrected chi connectivity index (χ1v) is 9.58. The normalized spacial score (nSPS) is 18.2. The first-order valence-electron chi connectivity index (χ1n) is 9.58. The molecule has 156 valence electrons. The Labute approximate surface area is 165 Å². The van der Waals surface area contributed by atoms with Crippen LogP contribution in [0.4, 0.5) is 30.9 Å². The van der Waals surface area contributed by atoms with Crippen molar-refractivity contribution in [2.75, 3.05) is 54.9 Å². The van der Waals surface area contributed by atoms with E-state index in [4.69, 9.17) is 10.5 Å². The molecule has 8 nitrogen and oxygen atoms in total. The number of hydrogen-bond acceptors (Lipinski definition) is 8. The Balaban J connectivity index is 1.82. The zero-order valence-electron chi connectivity index (χ0n) is 15.8. The third kappa shape index (κ3) is 4.34. The molecule has 4 heterocycles. The van der Waals surface area contributed by atoms with Gasteiger partial charge in [-0.15, -0.1) is 0 Å². The Morgan fingerprint density at radius 1 is 0.931 bits per heavy atom. The Morgan fingerprint density at radius 3 is 2.34 bits per heavy atom. The minimum absolute atomic E-state index is 0.134. The molecule has 0 spiro atoms. The molecule has 2 N–H and O–H groups in total. The van der Waals surface area contributed by atoms with Crippen LogP contribution in [-0.4, -0.2) is 59.3 Å². The summed E-state index contributed by atoms with van der Waals surface area (Å²) in [5.74, 6) is 0.567. The number of hydrogen-bond donors (Lipinski definition) is 1. The van der Waals surface area contributed by atoms with E-state index in [1.54, 1.807) is 6.07 Å². The summed E-state index contributed by atoms with van der Waals surface area (Å²) >= 11 is 0. The highest BCUT2D eigenvalue weighted by atomic mass is 19.4. The molecular weight excluding hydrogens is 387 g/mol. The second-order valence-electron chi connectivity index (χ2n) is 7.05. The van der Waals surface area contributed by atoms with Crippen molar-refractivity contribution in [1.82, 2.24) is 19.9 Å². The number of morpholine rings is 1. The lowest BCUT2D eigenvalue weighted by molar-refractivity contribution is -0.140. The molecule has 4 rings (SSSR count). The van der Waals surface area contributed by atoms with Gasteiger partial charge in [-0.3, -0.25) is 0 Å². The number of rotatable bonds is 3. The van der Waals surface area contributed by atoms with Gasteiger partial charge in [-0.05, 0) is 19.3 Å². The van der Waals surface area contributed by atoms with Crippen molar-refractivity contribution < 1.29 is 17.9 Å². The van der Waals surface area contributed by atoms with Crippen molar-refractivity contribution in [3.63, 3.8) is 0 Å². The summed E-state index contributed by atoms with van der Waals surface area (Å²) in [6.07, 6.45) is -0.479. The average Bonchev–Trinajstić information content (AvgIpc) is 2.74. The largest absolute Gasteiger partial charge is 0.434 e. The number of alkyl halides is 3. The van der Waals surface area contributed by atoms with Crippen molar-refractivity contribution in [2.45, 2.75) is 25.4 Å². The smallest absolute Gasteiger partial charge is 0.378 e. The van der Waals surface area contributed by atoms with Gasteiger partial charge in [0.25, 0.3) is 0 Å². The van der Waals surface area contributed by atoms with Gasteiger partial charge in [0.15, 0.2) is 5.69 Å². The third-order valence-corrected chi connectivity index (χ3v) is 5.03. The maximum Gasteiger partial charge on any atom is 0.434 e. The first kappa shape index (κ1) is 19.6. The molecule has 0 aromatic carbocycles. The van der Waals surface area contributed by atoms with E-state index < -0.39 is 17.8 Å². The number of anilines is 3. The van der Waals surface area contributed by atoms with E-state index in [9.17, 15) is 13.2 Å². The number of halogens is 3. The van der Waals surface area contributed by atoms with E-state index in [1.165, 1.54) is 0 Å². The topological polar surface area (TPSA) is 93.3 Å². The highest BCUT2D eigenvalue weighted by Gasteiger charge is 2.37. The molecule has 0 amide bonds. The van der Waals surface area contributed by atoms with Crippen molar-refractivity contribution in [2.24, 2.45) is 0 Å². The van der Waals surface area contributed by atoms with Crippen LogP contribution in [0.25, 0.3) is 11.3 Å². The molecule has 2 aromatic rings. The number of ether oxygens (including phenoxy) is 1. The Hall–Kier alpha value is -2.69. The van der Waals surface area contributed by atoms with Gasteiger partial charge in [0.05, 0.1) is 18.9 Å². The van der Waals surface area contributed by atoms with Crippen LogP contribution in [-0.2, 0) is 10.9 Å². The fraction of sp³-hybridized carbons (Fsp3) is 0.556. The van der Waals surface area contributed by atoms with Crippen LogP contribution in [0.2, 0.25) is 0 Å². The Kier molecular flexibility index (Phi) is 5.39. The van der Waals surface area contributed by atoms with Gasteiger partial charge >= 0.3 is 6.18 Å². The zero-order valence-corrected chi connectivity index (χ0v) is 15.8. The lowest BCUT2D eigenvalue weighted by Gasteiger charge is -2.31. The summed E-state index contributed by atoms with van der Waals surface area (Å²) in [7, 11) is 0. The number of aromatic nitrogens is 4. The van der Waals surface area contributed by atoms with Gasteiger partial charge in [0.2, 0.25) is 11.9 Å². The molecule has 29 heavy (non-hydrogen) atoms. The van der Waals surface area contributed by atoms with Crippen molar-refractivity contribution in [3.8, 4) is 11.3 Å². The molecule has 0 radical (unpaired) electrons. The van der Waals surface area contributed by atoms with Gasteiger partial charge in [-0.25, -0.2) is 15.0 Å². The minimum atomic E-state index is -4.68. The summed E-state index contributed by atoms with van der Waals surface area (Å²) in [6.45, 7) is 3.85. The molecule has 0 atom stereocenters. The predicted molar refractivity (Wildman–Crippen MR) is 102 cm³/mol. The highest BCUT2D eigenvalue weighted by Crippen LogP contribution is 2.36. The maximum atomic E-state index is 13.6. The molecule has 2 saturated heterocycles.